The Morgan fingerprint density at radius 2 is 0.730 bits per heavy atom. The van der Waals surface area contributed by atoms with Crippen molar-refractivity contribution in [2.24, 2.45) is 0 Å². The van der Waals surface area contributed by atoms with Gasteiger partial charge in [-0.25, -0.2) is 0 Å². The van der Waals surface area contributed by atoms with E-state index in [0.29, 0.717) is 0 Å². The maximum Gasteiger partial charge on any atom is 0.135 e. The van der Waals surface area contributed by atoms with E-state index in [1.165, 1.54) is 77.1 Å². The fraction of sp³-hybridized carbons (Fsp3) is 0. The Morgan fingerprint density at radius 1 is 0.270 bits per heavy atom. The molecule has 0 aliphatic heterocycles. The van der Waals surface area contributed by atoms with Crippen LogP contribution in [0.25, 0.3) is 121 Å². The zero-order chi connectivity index (χ0) is 41.4. The summed E-state index contributed by atoms with van der Waals surface area (Å²) >= 11 is 0. The van der Waals surface area contributed by atoms with Gasteiger partial charge in [-0.05, 0) is 117 Å². The van der Waals surface area contributed by atoms with Gasteiger partial charge >= 0.3 is 0 Å². The molecule has 0 N–H and O–H groups in total. The van der Waals surface area contributed by atoms with Gasteiger partial charge in [0, 0.05) is 43.7 Å². The van der Waals surface area contributed by atoms with Crippen molar-refractivity contribution in [3.05, 3.63) is 231 Å². The summed E-state index contributed by atoms with van der Waals surface area (Å²) in [6.45, 7) is 0. The van der Waals surface area contributed by atoms with Crippen molar-refractivity contribution in [2.45, 2.75) is 0 Å². The molecule has 0 amide bonds. The number of rotatable bonds is 6. The lowest BCUT2D eigenvalue weighted by Crippen LogP contribution is -1.95. The number of benzene rings is 10. The third-order valence-electron chi connectivity index (χ3n) is 12.9. The maximum atomic E-state index is 6.60. The van der Waals surface area contributed by atoms with E-state index >= 15 is 0 Å². The second kappa shape index (κ2) is 14.1. The van der Waals surface area contributed by atoms with E-state index in [4.69, 9.17) is 4.42 Å². The molecule has 3 heteroatoms. The van der Waals surface area contributed by atoms with E-state index in [-0.39, 0.29) is 0 Å². The summed E-state index contributed by atoms with van der Waals surface area (Å²) in [5.74, 6) is 0. The minimum absolute atomic E-state index is 0.865. The Bertz CT molecular complexity index is 3880. The average molecular weight is 803 g/mol. The first-order valence-electron chi connectivity index (χ1n) is 21.6. The highest BCUT2D eigenvalue weighted by Gasteiger charge is 2.22. The normalized spacial score (nSPS) is 11.8. The van der Waals surface area contributed by atoms with Gasteiger partial charge in [0.2, 0.25) is 0 Å². The van der Waals surface area contributed by atoms with Crippen LogP contribution in [-0.4, -0.2) is 9.13 Å². The smallest absolute Gasteiger partial charge is 0.135 e. The molecule has 0 aliphatic carbocycles. The van der Waals surface area contributed by atoms with Crippen LogP contribution in [0.5, 0.6) is 0 Å². The topological polar surface area (TPSA) is 23.0 Å². The lowest BCUT2D eigenvalue weighted by molar-refractivity contribution is 0.669. The van der Waals surface area contributed by atoms with Gasteiger partial charge < -0.3 is 13.6 Å². The quantitative estimate of drug-likeness (QED) is 0.164. The minimum atomic E-state index is 0.865. The fourth-order valence-electron chi connectivity index (χ4n) is 10.1. The Morgan fingerprint density at radius 3 is 1.33 bits per heavy atom. The van der Waals surface area contributed by atoms with E-state index in [9.17, 15) is 0 Å². The lowest BCUT2D eigenvalue weighted by atomic mass is 9.90. The van der Waals surface area contributed by atoms with E-state index in [1.807, 2.05) is 0 Å². The third kappa shape index (κ3) is 5.60. The summed E-state index contributed by atoms with van der Waals surface area (Å²) in [5, 5.41) is 7.08. The molecule has 63 heavy (non-hydrogen) atoms. The first-order chi connectivity index (χ1) is 31.2. The molecule has 10 aromatic carbocycles. The molecule has 3 heterocycles. The number of fused-ring (bicyclic) bond motifs is 9. The number of hydrogen-bond acceptors (Lipinski definition) is 1. The van der Waals surface area contributed by atoms with Crippen molar-refractivity contribution < 1.29 is 4.42 Å². The summed E-state index contributed by atoms with van der Waals surface area (Å²) in [7, 11) is 0. The van der Waals surface area contributed by atoms with Gasteiger partial charge in [-0.2, -0.15) is 0 Å². The van der Waals surface area contributed by atoms with Crippen molar-refractivity contribution in [1.29, 1.82) is 0 Å². The molecule has 13 rings (SSSR count). The summed E-state index contributed by atoms with van der Waals surface area (Å²) in [5.41, 5.74) is 18.2. The highest BCUT2D eigenvalue weighted by atomic mass is 16.3. The van der Waals surface area contributed by atoms with E-state index in [1.54, 1.807) is 0 Å². The van der Waals surface area contributed by atoms with Gasteiger partial charge in [-0.15, -0.1) is 0 Å². The Labute approximate surface area is 363 Å². The number of furan rings is 1. The van der Waals surface area contributed by atoms with Gasteiger partial charge in [0.05, 0.1) is 22.1 Å². The Hall–Kier alpha value is -8.40. The van der Waals surface area contributed by atoms with Crippen LogP contribution in [0.3, 0.4) is 0 Å². The lowest BCUT2D eigenvalue weighted by Gasteiger charge is -2.14. The van der Waals surface area contributed by atoms with Crippen LogP contribution in [0, 0.1) is 0 Å². The van der Waals surface area contributed by atoms with Crippen molar-refractivity contribution in [3.8, 4) is 55.9 Å². The highest BCUT2D eigenvalue weighted by molar-refractivity contribution is 6.20. The largest absolute Gasteiger partial charge is 0.456 e. The first kappa shape index (κ1) is 35.4. The molecule has 0 saturated heterocycles. The molecule has 0 fully saturated rings. The van der Waals surface area contributed by atoms with Crippen LogP contribution in [-0.2, 0) is 0 Å². The average Bonchev–Trinajstić information content (AvgIpc) is 4.01. The summed E-state index contributed by atoms with van der Waals surface area (Å²) in [4.78, 5) is 0. The predicted molar refractivity (Wildman–Crippen MR) is 264 cm³/mol. The molecule has 294 valence electrons. The molecular formula is C60H38N2O. The molecule has 0 bridgehead atoms. The maximum absolute atomic E-state index is 6.60. The second-order valence-corrected chi connectivity index (χ2v) is 16.5. The van der Waals surface area contributed by atoms with Crippen LogP contribution in [0.4, 0.5) is 0 Å². The standard InChI is InChI=1S/C60H38N2O/c1-5-15-39(16-6-1)43-25-30-54-49(35-43)48-23-13-14-24-53(48)61(54)45-27-33-57-50(37-45)51-38-46(28-34-58(51)63-57)62-55-31-26-44(40-17-7-2-8-18-40)36-52(55)60-56(62)32-29-47(41-19-9-3-10-20-41)59(60)42-21-11-4-12-22-42/h1-38H. The summed E-state index contributed by atoms with van der Waals surface area (Å²) in [6.07, 6.45) is 0. The number of hydrogen-bond donors (Lipinski definition) is 0. The molecule has 0 aliphatic rings. The van der Waals surface area contributed by atoms with Crippen LogP contribution >= 0.6 is 0 Å². The molecule has 13 aromatic rings. The summed E-state index contributed by atoms with van der Waals surface area (Å²) < 4.78 is 11.4. The Kier molecular flexibility index (Phi) is 7.91. The molecule has 0 radical (unpaired) electrons. The van der Waals surface area contributed by atoms with Crippen molar-refractivity contribution >= 4 is 65.6 Å². The summed E-state index contributed by atoms with van der Waals surface area (Å²) in [6, 6.07) is 83.4. The molecule has 0 saturated carbocycles. The van der Waals surface area contributed by atoms with E-state index < -0.39 is 0 Å². The van der Waals surface area contributed by atoms with Gasteiger partial charge in [0.25, 0.3) is 0 Å². The van der Waals surface area contributed by atoms with E-state index in [2.05, 4.69) is 240 Å². The fourth-order valence-corrected chi connectivity index (χ4v) is 10.1. The highest BCUT2D eigenvalue weighted by Crippen LogP contribution is 2.46. The van der Waals surface area contributed by atoms with Crippen molar-refractivity contribution in [1.82, 2.24) is 9.13 Å². The van der Waals surface area contributed by atoms with Crippen LogP contribution < -0.4 is 0 Å². The predicted octanol–water partition coefficient (Wildman–Crippen LogP) is 16.4. The SMILES string of the molecule is c1ccc(-c2ccc3c(c2)c2ccccc2n3-c2ccc3oc4ccc(-n5c6ccc(-c7ccccc7)cc6c6c(-c7ccccc7)c(-c7ccccc7)ccc65)cc4c3c2)cc1. The van der Waals surface area contributed by atoms with Gasteiger partial charge in [-0.1, -0.05) is 158 Å². The second-order valence-electron chi connectivity index (χ2n) is 16.5. The van der Waals surface area contributed by atoms with Crippen LogP contribution in [0.2, 0.25) is 0 Å². The molecule has 0 unspecified atom stereocenters. The molecule has 3 aromatic heterocycles. The van der Waals surface area contributed by atoms with Crippen molar-refractivity contribution in [2.75, 3.05) is 0 Å². The zero-order valence-corrected chi connectivity index (χ0v) is 34.2. The first-order valence-corrected chi connectivity index (χ1v) is 21.6. The number of aromatic nitrogens is 2. The van der Waals surface area contributed by atoms with Crippen molar-refractivity contribution in [3.63, 3.8) is 0 Å². The van der Waals surface area contributed by atoms with Crippen LogP contribution in [0.15, 0.2) is 235 Å². The third-order valence-corrected chi connectivity index (χ3v) is 12.9. The van der Waals surface area contributed by atoms with E-state index in [0.717, 1.165) is 44.3 Å². The van der Waals surface area contributed by atoms with Gasteiger partial charge in [0.1, 0.15) is 11.2 Å². The monoisotopic (exact) mass is 802 g/mol. The van der Waals surface area contributed by atoms with Gasteiger partial charge in [0.15, 0.2) is 0 Å². The zero-order valence-electron chi connectivity index (χ0n) is 34.2. The molecular weight excluding hydrogens is 765 g/mol. The minimum Gasteiger partial charge on any atom is -0.456 e. The molecule has 0 spiro atoms. The number of para-hydroxylation sites is 1. The molecule has 3 nitrogen and oxygen atoms in total. The van der Waals surface area contributed by atoms with Crippen LogP contribution in [0.1, 0.15) is 0 Å². The molecule has 0 atom stereocenters. The van der Waals surface area contributed by atoms with Gasteiger partial charge in [-0.3, -0.25) is 0 Å². The Balaban J connectivity index is 1.05. The number of nitrogens with zero attached hydrogens (tertiary/aromatic N) is 2.